The van der Waals surface area contributed by atoms with Crippen LogP contribution in [-0.4, -0.2) is 0 Å². The first-order valence-corrected chi connectivity index (χ1v) is 17.4. The van der Waals surface area contributed by atoms with Gasteiger partial charge in [0.2, 0.25) is 0 Å². The molecule has 0 aromatic heterocycles. The molecule has 3 aliphatic rings. The lowest BCUT2D eigenvalue weighted by Gasteiger charge is -2.32. The molecular formula is C49H31N. The first kappa shape index (κ1) is 27.5. The molecule has 0 saturated heterocycles. The van der Waals surface area contributed by atoms with Crippen molar-refractivity contribution in [2.75, 3.05) is 4.90 Å². The molecule has 0 unspecified atom stereocenters. The molecule has 0 amide bonds. The highest BCUT2D eigenvalue weighted by molar-refractivity contribution is 6.10. The SMILES string of the molecule is c1ccc(-c2ccc(N3c4ccc(-c5ccccc5)cc4-c4cccc5c4-c4c3cccc4C53c4ccccc4-c4ccccc43)cc2)cc1. The number of hydrogen-bond donors (Lipinski definition) is 0. The van der Waals surface area contributed by atoms with E-state index in [2.05, 4.69) is 193 Å². The zero-order valence-corrected chi connectivity index (χ0v) is 27.3. The Morgan fingerprint density at radius 2 is 0.800 bits per heavy atom. The van der Waals surface area contributed by atoms with Gasteiger partial charge in [-0.2, -0.15) is 0 Å². The zero-order valence-electron chi connectivity index (χ0n) is 27.3. The van der Waals surface area contributed by atoms with E-state index >= 15 is 0 Å². The Bertz CT molecular complexity index is 2590. The van der Waals surface area contributed by atoms with Gasteiger partial charge in [0, 0.05) is 16.8 Å². The van der Waals surface area contributed by atoms with E-state index in [1.807, 2.05) is 0 Å². The molecule has 2 aliphatic carbocycles. The highest BCUT2D eigenvalue weighted by atomic mass is 15.2. The van der Waals surface area contributed by atoms with Crippen LogP contribution in [0.3, 0.4) is 0 Å². The second-order valence-corrected chi connectivity index (χ2v) is 13.6. The first-order chi connectivity index (χ1) is 24.8. The van der Waals surface area contributed by atoms with E-state index in [0.717, 1.165) is 5.69 Å². The maximum absolute atomic E-state index is 2.51. The summed E-state index contributed by atoms with van der Waals surface area (Å²) in [4.78, 5) is 2.51. The number of hydrogen-bond acceptors (Lipinski definition) is 1. The van der Waals surface area contributed by atoms with Crippen LogP contribution in [0.1, 0.15) is 22.3 Å². The minimum absolute atomic E-state index is 0.402. The van der Waals surface area contributed by atoms with Gasteiger partial charge in [0.15, 0.2) is 0 Å². The van der Waals surface area contributed by atoms with E-state index in [-0.39, 0.29) is 0 Å². The molecule has 11 rings (SSSR count). The molecule has 1 aliphatic heterocycles. The lowest BCUT2D eigenvalue weighted by Crippen LogP contribution is -2.26. The highest BCUT2D eigenvalue weighted by Crippen LogP contribution is 2.67. The summed E-state index contributed by atoms with van der Waals surface area (Å²) in [6.07, 6.45) is 0. The summed E-state index contributed by atoms with van der Waals surface area (Å²) in [6.45, 7) is 0. The topological polar surface area (TPSA) is 3.24 Å². The van der Waals surface area contributed by atoms with Gasteiger partial charge >= 0.3 is 0 Å². The maximum atomic E-state index is 2.51. The van der Waals surface area contributed by atoms with Gasteiger partial charge in [-0.1, -0.05) is 158 Å². The summed E-state index contributed by atoms with van der Waals surface area (Å²) < 4.78 is 0. The Hall–Kier alpha value is -6.44. The van der Waals surface area contributed by atoms with Gasteiger partial charge in [0.25, 0.3) is 0 Å². The van der Waals surface area contributed by atoms with E-state index in [0.29, 0.717) is 0 Å². The van der Waals surface area contributed by atoms with Crippen molar-refractivity contribution in [2.45, 2.75) is 5.41 Å². The van der Waals surface area contributed by atoms with Gasteiger partial charge < -0.3 is 4.90 Å². The molecule has 1 spiro atoms. The van der Waals surface area contributed by atoms with E-state index in [9.17, 15) is 0 Å². The molecule has 50 heavy (non-hydrogen) atoms. The summed E-state index contributed by atoms with van der Waals surface area (Å²) in [5, 5.41) is 0. The molecule has 0 N–H and O–H groups in total. The minimum atomic E-state index is -0.402. The first-order valence-electron chi connectivity index (χ1n) is 17.4. The Labute approximate surface area is 292 Å². The number of anilines is 3. The summed E-state index contributed by atoms with van der Waals surface area (Å²) in [5.41, 5.74) is 21.4. The van der Waals surface area contributed by atoms with Crippen LogP contribution in [0, 0.1) is 0 Å². The monoisotopic (exact) mass is 633 g/mol. The molecule has 0 bridgehead atoms. The van der Waals surface area contributed by atoms with Gasteiger partial charge in [0.05, 0.1) is 16.8 Å². The molecule has 1 heterocycles. The predicted octanol–water partition coefficient (Wildman–Crippen LogP) is 12.8. The largest absolute Gasteiger partial charge is 0.309 e. The molecule has 0 atom stereocenters. The van der Waals surface area contributed by atoms with Crippen molar-refractivity contribution < 1.29 is 0 Å². The molecule has 8 aromatic rings. The molecule has 1 heteroatoms. The quantitative estimate of drug-likeness (QED) is 0.187. The van der Waals surface area contributed by atoms with Gasteiger partial charge in [-0.25, -0.2) is 0 Å². The van der Waals surface area contributed by atoms with Crippen LogP contribution in [0.15, 0.2) is 188 Å². The summed E-state index contributed by atoms with van der Waals surface area (Å²) in [5.74, 6) is 0. The van der Waals surface area contributed by atoms with Crippen LogP contribution in [-0.2, 0) is 5.41 Å². The number of fused-ring (bicyclic) bond motifs is 9. The van der Waals surface area contributed by atoms with Crippen molar-refractivity contribution in [3.05, 3.63) is 210 Å². The van der Waals surface area contributed by atoms with Crippen LogP contribution >= 0.6 is 0 Å². The van der Waals surface area contributed by atoms with Crippen LogP contribution in [0.4, 0.5) is 17.1 Å². The van der Waals surface area contributed by atoms with Crippen molar-refractivity contribution in [1.82, 2.24) is 0 Å². The average molecular weight is 634 g/mol. The molecular weight excluding hydrogens is 603 g/mol. The maximum Gasteiger partial charge on any atom is 0.0726 e. The van der Waals surface area contributed by atoms with Crippen molar-refractivity contribution in [1.29, 1.82) is 0 Å². The summed E-state index contributed by atoms with van der Waals surface area (Å²) in [7, 11) is 0. The smallest absolute Gasteiger partial charge is 0.0726 e. The second kappa shape index (κ2) is 10.3. The second-order valence-electron chi connectivity index (χ2n) is 13.6. The van der Waals surface area contributed by atoms with E-state index in [4.69, 9.17) is 0 Å². The predicted molar refractivity (Wildman–Crippen MR) is 207 cm³/mol. The van der Waals surface area contributed by atoms with E-state index < -0.39 is 5.41 Å². The highest BCUT2D eigenvalue weighted by Gasteiger charge is 2.53. The third-order valence-electron chi connectivity index (χ3n) is 11.2. The Kier molecular flexibility index (Phi) is 5.66. The van der Waals surface area contributed by atoms with Gasteiger partial charge in [-0.15, -0.1) is 0 Å². The fourth-order valence-electron chi connectivity index (χ4n) is 9.22. The van der Waals surface area contributed by atoms with Crippen molar-refractivity contribution in [3.63, 3.8) is 0 Å². The Balaban J connectivity index is 1.25. The standard InChI is InChI=1S/C49H31N/c1-3-13-32(14-4-1)34-25-28-36(29-26-34)50-45-30-27-35(33-15-5-2-6-16-33)31-40(45)39-19-11-22-43-47(39)48-44(23-12-24-46(48)50)49(43)41-20-9-7-17-37(41)38-18-8-10-21-42(38)49/h1-31H. The Morgan fingerprint density at radius 1 is 0.300 bits per heavy atom. The van der Waals surface area contributed by atoms with Gasteiger partial charge in [-0.05, 0) is 97.1 Å². The van der Waals surface area contributed by atoms with Crippen molar-refractivity contribution in [3.8, 4) is 55.6 Å². The number of benzene rings is 8. The zero-order chi connectivity index (χ0) is 32.8. The fraction of sp³-hybridized carbons (Fsp3) is 0.0204. The molecule has 232 valence electrons. The number of nitrogens with zero attached hydrogens (tertiary/aromatic N) is 1. The molecule has 8 aromatic carbocycles. The van der Waals surface area contributed by atoms with Gasteiger partial charge in [-0.3, -0.25) is 0 Å². The van der Waals surface area contributed by atoms with E-state index in [1.165, 1.54) is 89.3 Å². The van der Waals surface area contributed by atoms with Crippen molar-refractivity contribution >= 4 is 17.1 Å². The summed E-state index contributed by atoms with van der Waals surface area (Å²) in [6, 6.07) is 69.7. The minimum Gasteiger partial charge on any atom is -0.309 e. The van der Waals surface area contributed by atoms with Crippen LogP contribution < -0.4 is 4.90 Å². The van der Waals surface area contributed by atoms with Gasteiger partial charge in [0.1, 0.15) is 0 Å². The third-order valence-corrected chi connectivity index (χ3v) is 11.2. The normalized spacial score (nSPS) is 13.7. The van der Waals surface area contributed by atoms with Crippen LogP contribution in [0.25, 0.3) is 55.6 Å². The van der Waals surface area contributed by atoms with Crippen LogP contribution in [0.5, 0.6) is 0 Å². The molecule has 0 saturated carbocycles. The fourth-order valence-corrected chi connectivity index (χ4v) is 9.22. The average Bonchev–Trinajstić information content (AvgIpc) is 3.62. The molecule has 1 nitrogen and oxygen atoms in total. The molecule has 0 radical (unpaired) electrons. The lowest BCUT2D eigenvalue weighted by molar-refractivity contribution is 0.794. The van der Waals surface area contributed by atoms with Crippen molar-refractivity contribution in [2.24, 2.45) is 0 Å². The van der Waals surface area contributed by atoms with Crippen LogP contribution in [0.2, 0.25) is 0 Å². The van der Waals surface area contributed by atoms with E-state index in [1.54, 1.807) is 0 Å². The Morgan fingerprint density at radius 3 is 1.48 bits per heavy atom. The number of rotatable bonds is 3. The molecule has 0 fully saturated rings. The summed E-state index contributed by atoms with van der Waals surface area (Å²) >= 11 is 0. The lowest BCUT2D eigenvalue weighted by atomic mass is 9.70. The third kappa shape index (κ3) is 3.56.